The van der Waals surface area contributed by atoms with Gasteiger partial charge in [0.15, 0.2) is 0 Å². The number of hydrogen-bond donors (Lipinski definition) is 1. The van der Waals surface area contributed by atoms with Crippen molar-refractivity contribution in [3.63, 3.8) is 0 Å². The summed E-state index contributed by atoms with van der Waals surface area (Å²) >= 11 is 12.4. The van der Waals surface area contributed by atoms with Gasteiger partial charge in [-0.2, -0.15) is 0 Å². The van der Waals surface area contributed by atoms with Gasteiger partial charge >= 0.3 is 0 Å². The molecule has 10 heteroatoms. The number of rotatable bonds is 12. The minimum atomic E-state index is -3.63. The topological polar surface area (TPSA) is 86.8 Å². The second-order valence-electron chi connectivity index (χ2n) is 9.29. The van der Waals surface area contributed by atoms with Crippen LogP contribution in [-0.4, -0.2) is 51.0 Å². The Kier molecular flexibility index (Phi) is 10.8. The van der Waals surface area contributed by atoms with E-state index in [1.807, 2.05) is 36.4 Å². The first kappa shape index (κ1) is 30.5. The summed E-state index contributed by atoms with van der Waals surface area (Å²) in [6.45, 7) is 2.01. The molecule has 3 aromatic rings. The first-order valence-corrected chi connectivity index (χ1v) is 15.1. The molecule has 0 radical (unpaired) electrons. The summed E-state index contributed by atoms with van der Waals surface area (Å²) in [5.41, 5.74) is 2.81. The van der Waals surface area contributed by atoms with E-state index >= 15 is 0 Å². The molecule has 0 saturated carbocycles. The van der Waals surface area contributed by atoms with Crippen molar-refractivity contribution in [3.05, 3.63) is 99.5 Å². The van der Waals surface area contributed by atoms with Gasteiger partial charge in [-0.25, -0.2) is 8.42 Å². The van der Waals surface area contributed by atoms with E-state index in [9.17, 15) is 18.0 Å². The fourth-order valence-electron chi connectivity index (χ4n) is 4.40. The van der Waals surface area contributed by atoms with Crippen LogP contribution in [0.3, 0.4) is 0 Å². The zero-order chi connectivity index (χ0) is 28.6. The highest BCUT2D eigenvalue weighted by Crippen LogP contribution is 2.28. The fraction of sp³-hybridized carbons (Fsp3) is 0.310. The normalized spacial score (nSPS) is 12.0. The van der Waals surface area contributed by atoms with E-state index in [0.29, 0.717) is 27.7 Å². The predicted octanol–water partition coefficient (Wildman–Crippen LogP) is 5.23. The molecule has 39 heavy (non-hydrogen) atoms. The predicted molar refractivity (Wildman–Crippen MR) is 158 cm³/mol. The number of nitrogens with one attached hydrogen (secondary N) is 1. The molecule has 3 rings (SSSR count). The number of anilines is 1. The molecule has 2 amide bonds. The lowest BCUT2D eigenvalue weighted by atomic mass is 10.0. The van der Waals surface area contributed by atoms with Crippen LogP contribution in [0.2, 0.25) is 10.0 Å². The van der Waals surface area contributed by atoms with Crippen LogP contribution in [0.1, 0.15) is 29.5 Å². The number of likely N-dealkylation sites (N-methyl/N-ethyl adjacent to an activating group) is 1. The van der Waals surface area contributed by atoms with Crippen LogP contribution in [0.4, 0.5) is 5.69 Å². The van der Waals surface area contributed by atoms with Crippen LogP contribution < -0.4 is 9.62 Å². The van der Waals surface area contributed by atoms with Crippen molar-refractivity contribution in [2.45, 2.75) is 38.8 Å². The highest BCUT2D eigenvalue weighted by molar-refractivity contribution is 7.92. The summed E-state index contributed by atoms with van der Waals surface area (Å²) in [4.78, 5) is 28.3. The molecular formula is C29H33Cl2N3O4S. The lowest BCUT2D eigenvalue weighted by molar-refractivity contribution is -0.141. The summed E-state index contributed by atoms with van der Waals surface area (Å²) in [5, 5.41) is 3.67. The Labute approximate surface area is 240 Å². The Balaban J connectivity index is 1.86. The highest BCUT2D eigenvalue weighted by Gasteiger charge is 2.30. The number of hydrogen-bond acceptors (Lipinski definition) is 4. The summed E-state index contributed by atoms with van der Waals surface area (Å²) in [5.74, 6) is -0.558. The average molecular weight is 591 g/mol. The van der Waals surface area contributed by atoms with Crippen molar-refractivity contribution < 1.29 is 18.0 Å². The summed E-state index contributed by atoms with van der Waals surface area (Å²) in [6.07, 6.45) is 1.73. The minimum Gasteiger partial charge on any atom is -0.357 e. The van der Waals surface area contributed by atoms with E-state index in [1.165, 1.54) is 4.31 Å². The maximum Gasteiger partial charge on any atom is 0.242 e. The van der Waals surface area contributed by atoms with E-state index in [1.54, 1.807) is 55.3 Å². The molecule has 0 aromatic heterocycles. The van der Waals surface area contributed by atoms with Gasteiger partial charge in [-0.05, 0) is 54.3 Å². The van der Waals surface area contributed by atoms with Crippen LogP contribution in [0, 0.1) is 6.92 Å². The van der Waals surface area contributed by atoms with Gasteiger partial charge in [0.25, 0.3) is 0 Å². The van der Waals surface area contributed by atoms with Crippen molar-refractivity contribution in [1.29, 1.82) is 0 Å². The minimum absolute atomic E-state index is 0.0362. The van der Waals surface area contributed by atoms with Crippen molar-refractivity contribution in [3.8, 4) is 0 Å². The SMILES string of the molecule is CNC(=O)[C@H](Cc1ccccc1)N(Cc1cccc(Cl)c1)C(=O)CCCN(c1cccc(Cl)c1C)S(C)(=O)=O. The van der Waals surface area contributed by atoms with E-state index in [4.69, 9.17) is 23.2 Å². The molecule has 0 unspecified atom stereocenters. The molecular weight excluding hydrogens is 557 g/mol. The van der Waals surface area contributed by atoms with Crippen LogP contribution in [0.25, 0.3) is 0 Å². The standard InChI is InChI=1S/C29H33Cl2N3O4S/c1-21-25(31)14-8-15-26(21)34(39(3,37)38)17-9-16-28(35)33(20-23-12-7-13-24(30)18-23)27(29(36)32-2)19-22-10-5-4-6-11-22/h4-8,10-15,18,27H,9,16-17,19-20H2,1-3H3,(H,32,36)/t27-/m0/s1. The van der Waals surface area contributed by atoms with Crippen LogP contribution in [0.15, 0.2) is 72.8 Å². The molecule has 0 aliphatic carbocycles. The molecule has 0 fully saturated rings. The zero-order valence-corrected chi connectivity index (χ0v) is 24.6. The average Bonchev–Trinajstić information content (AvgIpc) is 2.90. The van der Waals surface area contributed by atoms with E-state index < -0.39 is 16.1 Å². The zero-order valence-electron chi connectivity index (χ0n) is 22.2. The molecule has 1 atom stereocenters. The number of benzene rings is 3. The Morgan fingerprint density at radius 2 is 1.62 bits per heavy atom. The number of carbonyl (C=O) groups is 2. The van der Waals surface area contributed by atoms with Crippen molar-refractivity contribution in [2.24, 2.45) is 0 Å². The Bertz CT molecular complexity index is 1400. The van der Waals surface area contributed by atoms with Crippen LogP contribution >= 0.6 is 23.2 Å². The molecule has 1 N–H and O–H groups in total. The molecule has 7 nitrogen and oxygen atoms in total. The van der Waals surface area contributed by atoms with Crippen LogP contribution in [-0.2, 0) is 32.6 Å². The second kappa shape index (κ2) is 13.8. The van der Waals surface area contributed by atoms with Gasteiger partial charge in [0.05, 0.1) is 11.9 Å². The van der Waals surface area contributed by atoms with Crippen LogP contribution in [0.5, 0.6) is 0 Å². The van der Waals surface area contributed by atoms with E-state index in [2.05, 4.69) is 5.32 Å². The van der Waals surface area contributed by atoms with Gasteiger partial charge in [0.1, 0.15) is 6.04 Å². The molecule has 0 heterocycles. The molecule has 0 saturated heterocycles. The molecule has 3 aromatic carbocycles. The summed E-state index contributed by atoms with van der Waals surface area (Å²) in [6, 6.07) is 20.9. The molecule has 0 spiro atoms. The summed E-state index contributed by atoms with van der Waals surface area (Å²) in [7, 11) is -2.09. The smallest absolute Gasteiger partial charge is 0.242 e. The number of amides is 2. The number of halogens is 2. The highest BCUT2D eigenvalue weighted by atomic mass is 35.5. The fourth-order valence-corrected chi connectivity index (χ4v) is 5.80. The van der Waals surface area contributed by atoms with Crippen molar-refractivity contribution >= 4 is 50.7 Å². The Hall–Kier alpha value is -3.07. The first-order chi connectivity index (χ1) is 18.5. The third kappa shape index (κ3) is 8.46. The second-order valence-corrected chi connectivity index (χ2v) is 12.0. The van der Waals surface area contributed by atoms with E-state index in [0.717, 1.165) is 17.4 Å². The maximum atomic E-state index is 13.7. The van der Waals surface area contributed by atoms with Gasteiger partial charge in [-0.15, -0.1) is 0 Å². The number of sulfonamides is 1. The molecule has 0 aliphatic heterocycles. The van der Waals surface area contributed by atoms with Gasteiger partial charge in [-0.1, -0.05) is 71.7 Å². The van der Waals surface area contributed by atoms with Gasteiger partial charge < -0.3 is 10.2 Å². The number of carbonyl (C=O) groups excluding carboxylic acids is 2. The number of nitrogens with zero attached hydrogens (tertiary/aromatic N) is 2. The third-order valence-corrected chi connectivity index (χ3v) is 8.24. The Morgan fingerprint density at radius 1 is 0.949 bits per heavy atom. The Morgan fingerprint density at radius 3 is 2.26 bits per heavy atom. The van der Waals surface area contributed by atoms with Gasteiger partial charge in [-0.3, -0.25) is 13.9 Å². The monoisotopic (exact) mass is 589 g/mol. The summed E-state index contributed by atoms with van der Waals surface area (Å²) < 4.78 is 26.5. The first-order valence-electron chi connectivity index (χ1n) is 12.5. The largest absolute Gasteiger partial charge is 0.357 e. The molecule has 0 aliphatic rings. The van der Waals surface area contributed by atoms with Gasteiger partial charge in [0, 0.05) is 43.0 Å². The third-order valence-electron chi connectivity index (χ3n) is 6.42. The van der Waals surface area contributed by atoms with E-state index in [-0.39, 0.29) is 37.7 Å². The lowest BCUT2D eigenvalue weighted by Gasteiger charge is -2.32. The van der Waals surface area contributed by atoms with Crippen molar-refractivity contribution in [2.75, 3.05) is 24.2 Å². The van der Waals surface area contributed by atoms with Crippen molar-refractivity contribution in [1.82, 2.24) is 10.2 Å². The quantitative estimate of drug-likeness (QED) is 0.313. The van der Waals surface area contributed by atoms with Gasteiger partial charge in [0.2, 0.25) is 21.8 Å². The molecule has 208 valence electrons. The lowest BCUT2D eigenvalue weighted by Crippen LogP contribution is -2.49. The molecule has 0 bridgehead atoms. The maximum absolute atomic E-state index is 13.7.